The van der Waals surface area contributed by atoms with Crippen molar-refractivity contribution < 1.29 is 0 Å². The third-order valence-electron chi connectivity index (χ3n) is 3.76. The van der Waals surface area contributed by atoms with E-state index >= 15 is 0 Å². The molecule has 6 nitrogen and oxygen atoms in total. The third-order valence-corrected chi connectivity index (χ3v) is 4.32. The smallest absolute Gasteiger partial charge is 0.269 e. The fourth-order valence-electron chi connectivity index (χ4n) is 2.51. The normalized spacial score (nSPS) is 11.3. The van der Waals surface area contributed by atoms with Crippen LogP contribution in [0.1, 0.15) is 5.56 Å². The molecule has 0 unspecified atom stereocenters. The monoisotopic (exact) mass is 382 g/mol. The highest BCUT2D eigenvalue weighted by Crippen LogP contribution is 2.25. The summed E-state index contributed by atoms with van der Waals surface area (Å²) >= 11 is 12.1. The standard InChI is InChI=1S/C18H12Cl2N6/c19-14-9-8-13(16(20)10-14)11-21-26-18(23-24-25-26)22-17-7-3-5-12-4-1-2-6-15(12)17/h1-11H,(H,22,23,25). The van der Waals surface area contributed by atoms with Crippen LogP contribution in [0.2, 0.25) is 10.0 Å². The zero-order valence-corrected chi connectivity index (χ0v) is 14.9. The maximum Gasteiger partial charge on any atom is 0.269 e. The van der Waals surface area contributed by atoms with E-state index in [1.165, 1.54) is 4.79 Å². The van der Waals surface area contributed by atoms with Crippen LogP contribution in [0.3, 0.4) is 0 Å². The molecule has 0 saturated carbocycles. The molecule has 0 amide bonds. The van der Waals surface area contributed by atoms with Crippen molar-refractivity contribution in [1.82, 2.24) is 20.3 Å². The Morgan fingerprint density at radius 3 is 2.73 bits per heavy atom. The Balaban J connectivity index is 1.64. The van der Waals surface area contributed by atoms with E-state index in [1.54, 1.807) is 24.4 Å². The fourth-order valence-corrected chi connectivity index (χ4v) is 2.97. The number of aromatic nitrogens is 4. The summed E-state index contributed by atoms with van der Waals surface area (Å²) in [7, 11) is 0. The lowest BCUT2D eigenvalue weighted by Gasteiger charge is -2.07. The first kappa shape index (κ1) is 16.5. The summed E-state index contributed by atoms with van der Waals surface area (Å²) in [5.74, 6) is 0.391. The number of tetrazole rings is 1. The zero-order valence-electron chi connectivity index (χ0n) is 13.3. The van der Waals surface area contributed by atoms with E-state index in [2.05, 4.69) is 25.9 Å². The number of nitrogens with one attached hydrogen (secondary N) is 1. The highest BCUT2D eigenvalue weighted by molar-refractivity contribution is 6.36. The largest absolute Gasteiger partial charge is 0.321 e. The molecular formula is C18H12Cl2N6. The molecule has 0 atom stereocenters. The van der Waals surface area contributed by atoms with Crippen LogP contribution in [-0.2, 0) is 0 Å². The summed E-state index contributed by atoms with van der Waals surface area (Å²) < 4.78 is 0. The molecule has 4 rings (SSSR count). The Morgan fingerprint density at radius 1 is 1.00 bits per heavy atom. The van der Waals surface area contributed by atoms with Crippen molar-refractivity contribution in [2.45, 2.75) is 0 Å². The van der Waals surface area contributed by atoms with Gasteiger partial charge in [0, 0.05) is 21.7 Å². The molecule has 0 radical (unpaired) electrons. The predicted molar refractivity (Wildman–Crippen MR) is 105 cm³/mol. The molecule has 0 fully saturated rings. The molecule has 0 spiro atoms. The minimum Gasteiger partial charge on any atom is -0.321 e. The van der Waals surface area contributed by atoms with Gasteiger partial charge in [-0.15, -0.1) is 0 Å². The summed E-state index contributed by atoms with van der Waals surface area (Å²) in [5.41, 5.74) is 1.60. The molecule has 8 heteroatoms. The Labute approximate surface area is 159 Å². The Morgan fingerprint density at radius 2 is 1.85 bits per heavy atom. The van der Waals surface area contributed by atoms with Gasteiger partial charge in [-0.25, -0.2) is 0 Å². The summed E-state index contributed by atoms with van der Waals surface area (Å²) in [6.07, 6.45) is 1.57. The Hall–Kier alpha value is -2.96. The second-order valence-electron chi connectivity index (χ2n) is 5.45. The number of hydrogen-bond acceptors (Lipinski definition) is 5. The number of halogens is 2. The number of rotatable bonds is 4. The second kappa shape index (κ2) is 7.11. The minimum atomic E-state index is 0.391. The third kappa shape index (κ3) is 3.37. The average Bonchev–Trinajstić information content (AvgIpc) is 3.08. The van der Waals surface area contributed by atoms with E-state index in [0.717, 1.165) is 16.5 Å². The lowest BCUT2D eigenvalue weighted by atomic mass is 10.1. The molecule has 1 heterocycles. The van der Waals surface area contributed by atoms with Crippen molar-refractivity contribution in [3.8, 4) is 0 Å². The first-order valence-corrected chi connectivity index (χ1v) is 8.49. The van der Waals surface area contributed by atoms with Crippen molar-refractivity contribution in [3.63, 3.8) is 0 Å². The number of benzene rings is 3. The highest BCUT2D eigenvalue weighted by atomic mass is 35.5. The molecule has 4 aromatic rings. The van der Waals surface area contributed by atoms with Gasteiger partial charge in [-0.05, 0) is 34.0 Å². The number of fused-ring (bicyclic) bond motifs is 1. The first-order chi connectivity index (χ1) is 12.7. The molecule has 0 aliphatic rings. The molecule has 0 bridgehead atoms. The number of anilines is 2. The lowest BCUT2D eigenvalue weighted by molar-refractivity contribution is 0.699. The van der Waals surface area contributed by atoms with Crippen LogP contribution in [0.4, 0.5) is 11.6 Å². The van der Waals surface area contributed by atoms with Crippen LogP contribution in [0.5, 0.6) is 0 Å². The van der Waals surface area contributed by atoms with E-state index in [4.69, 9.17) is 23.2 Å². The molecule has 1 aromatic heterocycles. The molecule has 0 saturated heterocycles. The van der Waals surface area contributed by atoms with E-state index in [9.17, 15) is 0 Å². The van der Waals surface area contributed by atoms with Crippen molar-refractivity contribution >= 4 is 51.8 Å². The first-order valence-electron chi connectivity index (χ1n) is 7.73. The van der Waals surface area contributed by atoms with Crippen LogP contribution in [0.15, 0.2) is 65.8 Å². The van der Waals surface area contributed by atoms with E-state index in [0.29, 0.717) is 21.6 Å². The molecule has 26 heavy (non-hydrogen) atoms. The molecule has 128 valence electrons. The van der Waals surface area contributed by atoms with E-state index in [-0.39, 0.29) is 0 Å². The van der Waals surface area contributed by atoms with E-state index in [1.807, 2.05) is 42.5 Å². The summed E-state index contributed by atoms with van der Waals surface area (Å²) in [4.78, 5) is 1.30. The number of hydrogen-bond donors (Lipinski definition) is 1. The summed E-state index contributed by atoms with van der Waals surface area (Å²) in [6, 6.07) is 19.2. The predicted octanol–water partition coefficient (Wildman–Crippen LogP) is 4.76. The minimum absolute atomic E-state index is 0.391. The second-order valence-corrected chi connectivity index (χ2v) is 6.30. The van der Waals surface area contributed by atoms with Crippen molar-refractivity contribution in [2.75, 3.05) is 5.32 Å². The quantitative estimate of drug-likeness (QED) is 0.516. The Bertz CT molecular complexity index is 1100. The fraction of sp³-hybridized carbons (Fsp3) is 0. The van der Waals surface area contributed by atoms with Crippen molar-refractivity contribution in [3.05, 3.63) is 76.3 Å². The average molecular weight is 383 g/mol. The van der Waals surface area contributed by atoms with Gasteiger partial charge >= 0.3 is 0 Å². The van der Waals surface area contributed by atoms with Crippen LogP contribution >= 0.6 is 23.2 Å². The van der Waals surface area contributed by atoms with Gasteiger partial charge in [0.1, 0.15) is 0 Å². The topological polar surface area (TPSA) is 68.0 Å². The SMILES string of the molecule is Clc1ccc(C=Nn2nnnc2Nc2cccc3ccccc23)c(Cl)c1. The van der Waals surface area contributed by atoms with Gasteiger partial charge in [0.15, 0.2) is 0 Å². The summed E-state index contributed by atoms with van der Waals surface area (Å²) in [6.45, 7) is 0. The summed E-state index contributed by atoms with van der Waals surface area (Å²) in [5, 5.41) is 22.3. The number of nitrogens with zero attached hydrogens (tertiary/aromatic N) is 5. The van der Waals surface area contributed by atoms with Gasteiger partial charge in [0.25, 0.3) is 5.95 Å². The lowest BCUT2D eigenvalue weighted by Crippen LogP contribution is -2.02. The van der Waals surface area contributed by atoms with Gasteiger partial charge in [0.2, 0.25) is 0 Å². The molecule has 0 aliphatic heterocycles. The highest BCUT2D eigenvalue weighted by Gasteiger charge is 2.08. The Kier molecular flexibility index (Phi) is 4.51. The van der Waals surface area contributed by atoms with Crippen molar-refractivity contribution in [2.24, 2.45) is 5.10 Å². The van der Waals surface area contributed by atoms with E-state index < -0.39 is 0 Å². The maximum absolute atomic E-state index is 6.15. The molecular weight excluding hydrogens is 371 g/mol. The van der Waals surface area contributed by atoms with Crippen LogP contribution in [-0.4, -0.2) is 26.5 Å². The van der Waals surface area contributed by atoms with Gasteiger partial charge in [-0.2, -0.15) is 5.10 Å². The maximum atomic E-state index is 6.15. The molecule has 0 aliphatic carbocycles. The zero-order chi connectivity index (χ0) is 17.9. The van der Waals surface area contributed by atoms with Crippen LogP contribution in [0, 0.1) is 0 Å². The van der Waals surface area contributed by atoms with Gasteiger partial charge in [-0.3, -0.25) is 0 Å². The van der Waals surface area contributed by atoms with Gasteiger partial charge in [-0.1, -0.05) is 75.6 Å². The van der Waals surface area contributed by atoms with Crippen LogP contribution < -0.4 is 5.32 Å². The molecule has 1 N–H and O–H groups in total. The van der Waals surface area contributed by atoms with Crippen molar-refractivity contribution in [1.29, 1.82) is 0 Å². The van der Waals surface area contributed by atoms with Crippen LogP contribution in [0.25, 0.3) is 10.8 Å². The van der Waals surface area contributed by atoms with Gasteiger partial charge < -0.3 is 5.32 Å². The molecule has 3 aromatic carbocycles. The van der Waals surface area contributed by atoms with Gasteiger partial charge in [0.05, 0.1) is 11.2 Å².